The average molecular weight is 570 g/mol. The van der Waals surface area contributed by atoms with Crippen LogP contribution < -0.4 is 14.8 Å². The highest BCUT2D eigenvalue weighted by Gasteiger charge is 2.44. The van der Waals surface area contributed by atoms with Gasteiger partial charge in [-0.3, -0.25) is 4.79 Å². The molecule has 214 valence electrons. The van der Waals surface area contributed by atoms with E-state index in [2.05, 4.69) is 25.1 Å². The Morgan fingerprint density at radius 1 is 1.10 bits per heavy atom. The molecule has 2 N–H and O–H groups in total. The van der Waals surface area contributed by atoms with E-state index in [1.165, 1.54) is 12.1 Å². The van der Waals surface area contributed by atoms with Gasteiger partial charge >= 0.3 is 6.36 Å². The number of ether oxygens (including phenoxy) is 3. The van der Waals surface area contributed by atoms with Crippen molar-refractivity contribution in [3.63, 3.8) is 0 Å². The summed E-state index contributed by atoms with van der Waals surface area (Å²) in [5, 5.41) is 15.4. The molecule has 0 saturated heterocycles. The van der Waals surface area contributed by atoms with Gasteiger partial charge in [-0.2, -0.15) is 0 Å². The van der Waals surface area contributed by atoms with E-state index in [-0.39, 0.29) is 37.8 Å². The van der Waals surface area contributed by atoms with Crippen molar-refractivity contribution < 1.29 is 37.3 Å². The lowest BCUT2D eigenvalue weighted by molar-refractivity contribution is -0.274. The van der Waals surface area contributed by atoms with Gasteiger partial charge in [-0.15, -0.1) is 13.2 Å². The van der Waals surface area contributed by atoms with Crippen molar-refractivity contribution in [2.45, 2.75) is 31.3 Å². The number of carbonyl (C=O) groups excluding carboxylic acids is 1. The van der Waals surface area contributed by atoms with Gasteiger partial charge in [-0.25, -0.2) is 4.99 Å². The summed E-state index contributed by atoms with van der Waals surface area (Å²) in [6.45, 7) is 0.286. The Labute approximate surface area is 233 Å². The van der Waals surface area contributed by atoms with Crippen molar-refractivity contribution in [3.05, 3.63) is 99.9 Å². The molecular formula is C28H26F3N5O5. The summed E-state index contributed by atoms with van der Waals surface area (Å²) in [6, 6.07) is 18.9. The van der Waals surface area contributed by atoms with Crippen LogP contribution in [0.1, 0.15) is 23.1 Å². The van der Waals surface area contributed by atoms with Crippen molar-refractivity contribution in [1.82, 2.24) is 5.32 Å². The summed E-state index contributed by atoms with van der Waals surface area (Å²) in [4.78, 5) is 21.2. The van der Waals surface area contributed by atoms with Gasteiger partial charge in [0.15, 0.2) is 5.54 Å². The van der Waals surface area contributed by atoms with E-state index in [0.29, 0.717) is 41.2 Å². The molecule has 0 aromatic heterocycles. The lowest BCUT2D eigenvalue weighted by Crippen LogP contribution is -2.48. The highest BCUT2D eigenvalue weighted by Crippen LogP contribution is 2.31. The van der Waals surface area contributed by atoms with Crippen LogP contribution >= 0.6 is 0 Å². The molecule has 3 aromatic carbocycles. The lowest BCUT2D eigenvalue weighted by Gasteiger charge is -2.24. The smallest absolute Gasteiger partial charge is 0.494 e. The van der Waals surface area contributed by atoms with Gasteiger partial charge < -0.3 is 24.6 Å². The van der Waals surface area contributed by atoms with Gasteiger partial charge in [0, 0.05) is 42.2 Å². The maximum atomic E-state index is 13.6. The number of azide groups is 1. The molecule has 4 rings (SSSR count). The Morgan fingerprint density at radius 2 is 1.80 bits per heavy atom. The number of amides is 1. The standard InChI is InChI=1S/C28H26F3N5O5/c29-28(30,31)41-23-10-6-19(7-11-23)17-33-26(38)27(16-21-4-1-2-5-24(21)35-36-32)18-40-25(34-27)20-8-12-22(13-9-20)39-15-3-14-37/h1-2,4-13,37H,3,14-18H2,(H,33,38)/t27-/m1/s1. The maximum absolute atomic E-state index is 13.6. The Bertz CT molecular complexity index is 1420. The second-order valence-electron chi connectivity index (χ2n) is 9.06. The zero-order chi connectivity index (χ0) is 29.3. The molecule has 13 heteroatoms. The number of rotatable bonds is 12. The molecule has 10 nitrogen and oxygen atoms in total. The predicted molar refractivity (Wildman–Crippen MR) is 143 cm³/mol. The van der Waals surface area contributed by atoms with E-state index in [1.54, 1.807) is 48.5 Å². The van der Waals surface area contributed by atoms with Crippen LogP contribution in [0.4, 0.5) is 18.9 Å². The summed E-state index contributed by atoms with van der Waals surface area (Å²) in [5.74, 6) is -0.0264. The largest absolute Gasteiger partial charge is 0.573 e. The van der Waals surface area contributed by atoms with E-state index < -0.39 is 17.8 Å². The second kappa shape index (κ2) is 13.1. The molecule has 0 spiro atoms. The number of hydrogen-bond donors (Lipinski definition) is 2. The molecule has 3 aromatic rings. The van der Waals surface area contributed by atoms with Crippen LogP contribution in [0.2, 0.25) is 0 Å². The van der Waals surface area contributed by atoms with Crippen LogP contribution in [0, 0.1) is 0 Å². The summed E-state index contributed by atoms with van der Waals surface area (Å²) < 4.78 is 52.7. The first-order valence-corrected chi connectivity index (χ1v) is 12.5. The van der Waals surface area contributed by atoms with Crippen molar-refractivity contribution in [2.75, 3.05) is 19.8 Å². The first-order chi connectivity index (χ1) is 19.7. The van der Waals surface area contributed by atoms with Gasteiger partial charge in [0.05, 0.1) is 6.61 Å². The number of halogens is 3. The number of aliphatic hydroxyl groups excluding tert-OH is 1. The molecule has 41 heavy (non-hydrogen) atoms. The molecular weight excluding hydrogens is 543 g/mol. The Kier molecular flexibility index (Phi) is 9.33. The summed E-state index contributed by atoms with van der Waals surface area (Å²) in [5.41, 5.74) is 9.63. The SMILES string of the molecule is [N-]=[N+]=Nc1ccccc1C[C@]1(C(=O)NCc2ccc(OC(F)(F)F)cc2)COC(c2ccc(OCCCO)cc2)=N1. The molecule has 0 radical (unpaired) electrons. The van der Waals surface area contributed by atoms with E-state index in [4.69, 9.17) is 20.1 Å². The molecule has 1 atom stereocenters. The lowest BCUT2D eigenvalue weighted by atomic mass is 9.90. The fraction of sp³-hybridized carbons (Fsp3) is 0.286. The Balaban J connectivity index is 1.56. The zero-order valence-electron chi connectivity index (χ0n) is 21.7. The van der Waals surface area contributed by atoms with E-state index in [9.17, 15) is 18.0 Å². The maximum Gasteiger partial charge on any atom is 0.573 e. The number of hydrogen-bond acceptors (Lipinski definition) is 7. The van der Waals surface area contributed by atoms with Crippen LogP contribution in [0.15, 0.2) is 82.9 Å². The molecule has 1 heterocycles. The van der Waals surface area contributed by atoms with E-state index in [1.807, 2.05) is 0 Å². The normalized spacial score (nSPS) is 16.2. The minimum atomic E-state index is -4.81. The molecule has 1 aliphatic rings. The summed E-state index contributed by atoms with van der Waals surface area (Å²) in [7, 11) is 0. The van der Waals surface area contributed by atoms with Gasteiger partial charge in [-0.05, 0) is 53.1 Å². The Morgan fingerprint density at radius 3 is 2.49 bits per heavy atom. The quantitative estimate of drug-likeness (QED) is 0.131. The van der Waals surface area contributed by atoms with Crippen molar-refractivity contribution >= 4 is 17.5 Å². The van der Waals surface area contributed by atoms with Gasteiger partial charge in [0.1, 0.15) is 18.1 Å². The number of aliphatic imine (C=N–C) groups is 1. The monoisotopic (exact) mass is 569 g/mol. The van der Waals surface area contributed by atoms with E-state index in [0.717, 1.165) is 12.1 Å². The summed E-state index contributed by atoms with van der Waals surface area (Å²) >= 11 is 0. The zero-order valence-corrected chi connectivity index (χ0v) is 21.7. The number of carbonyl (C=O) groups is 1. The highest BCUT2D eigenvalue weighted by molar-refractivity contribution is 6.00. The van der Waals surface area contributed by atoms with Gasteiger partial charge in [-0.1, -0.05) is 41.5 Å². The van der Waals surface area contributed by atoms with Crippen molar-refractivity contribution in [2.24, 2.45) is 10.1 Å². The number of nitrogens with one attached hydrogen (secondary N) is 1. The molecule has 0 fully saturated rings. The number of alkyl halides is 3. The molecule has 1 amide bonds. The van der Waals surface area contributed by atoms with E-state index >= 15 is 0 Å². The van der Waals surface area contributed by atoms with Crippen molar-refractivity contribution in [3.8, 4) is 11.5 Å². The highest BCUT2D eigenvalue weighted by atomic mass is 19.4. The van der Waals surface area contributed by atoms with Crippen molar-refractivity contribution in [1.29, 1.82) is 0 Å². The third kappa shape index (κ3) is 7.90. The van der Waals surface area contributed by atoms with Crippen LogP contribution in [-0.4, -0.2) is 48.6 Å². The van der Waals surface area contributed by atoms with Gasteiger partial charge in [0.25, 0.3) is 5.91 Å². The minimum absolute atomic E-state index is 0.00953. The molecule has 0 bridgehead atoms. The topological polar surface area (TPSA) is 138 Å². The average Bonchev–Trinajstić information content (AvgIpc) is 3.39. The Hall–Kier alpha value is -4.74. The number of aliphatic hydroxyl groups is 1. The van der Waals surface area contributed by atoms with Crippen LogP contribution in [0.3, 0.4) is 0 Å². The fourth-order valence-electron chi connectivity index (χ4n) is 4.11. The molecule has 1 aliphatic heterocycles. The van der Waals surface area contributed by atoms with Gasteiger partial charge in [0.2, 0.25) is 5.90 Å². The summed E-state index contributed by atoms with van der Waals surface area (Å²) in [6.07, 6.45) is -4.25. The third-order valence-corrected chi connectivity index (χ3v) is 6.10. The van der Waals surface area contributed by atoms with Crippen LogP contribution in [0.5, 0.6) is 11.5 Å². The second-order valence-corrected chi connectivity index (χ2v) is 9.06. The number of nitrogens with zero attached hydrogens (tertiary/aromatic N) is 4. The first kappa shape index (κ1) is 29.2. The first-order valence-electron chi connectivity index (χ1n) is 12.5. The molecule has 0 saturated carbocycles. The molecule has 0 aliphatic carbocycles. The fourth-order valence-corrected chi connectivity index (χ4v) is 4.11. The molecule has 0 unspecified atom stereocenters. The number of benzene rings is 3. The van der Waals surface area contributed by atoms with Crippen LogP contribution in [0.25, 0.3) is 10.4 Å². The predicted octanol–water partition coefficient (Wildman–Crippen LogP) is 5.36. The third-order valence-electron chi connectivity index (χ3n) is 6.10. The van der Waals surface area contributed by atoms with Crippen LogP contribution in [-0.2, 0) is 22.5 Å². The minimum Gasteiger partial charge on any atom is -0.494 e.